The quantitative estimate of drug-likeness (QED) is 0.480. The Morgan fingerprint density at radius 3 is 2.71 bits per heavy atom. The van der Waals surface area contributed by atoms with E-state index >= 15 is 0 Å². The van der Waals surface area contributed by atoms with Gasteiger partial charge in [0, 0.05) is 19.2 Å². The van der Waals surface area contributed by atoms with Crippen LogP contribution in [0.3, 0.4) is 0 Å². The monoisotopic (exact) mass is 290 g/mol. The zero-order valence-electron chi connectivity index (χ0n) is 12.1. The number of benzene rings is 1. The van der Waals surface area contributed by atoms with E-state index < -0.39 is 5.60 Å². The molecule has 1 aromatic carbocycles. The van der Waals surface area contributed by atoms with Crippen molar-refractivity contribution in [3.63, 3.8) is 0 Å². The number of nitrogens with zero attached hydrogens (tertiary/aromatic N) is 1. The van der Waals surface area contributed by atoms with Crippen molar-refractivity contribution >= 4 is 11.8 Å². The summed E-state index contributed by atoms with van der Waals surface area (Å²) in [6.07, 6.45) is 8.70. The number of nitrogens with one attached hydrogen (secondary N) is 1. The second-order valence-electron chi connectivity index (χ2n) is 5.63. The fraction of sp³-hybridized carbons (Fsp3) is 0.500. The van der Waals surface area contributed by atoms with Gasteiger partial charge in [-0.15, -0.1) is 0 Å². The lowest BCUT2D eigenvalue weighted by Crippen LogP contribution is -2.42. The van der Waals surface area contributed by atoms with Gasteiger partial charge in [0.1, 0.15) is 0 Å². The van der Waals surface area contributed by atoms with E-state index in [0.29, 0.717) is 18.7 Å². The Balaban J connectivity index is 1.82. The zero-order chi connectivity index (χ0) is 15.1. The maximum atomic E-state index is 10.9. The van der Waals surface area contributed by atoms with Crippen LogP contribution in [0, 0.1) is 10.1 Å². The topological polar surface area (TPSA) is 75.4 Å². The van der Waals surface area contributed by atoms with Crippen molar-refractivity contribution in [1.29, 1.82) is 0 Å². The standard InChI is InChI=1S/C16H22N2O3/c19-16(10-4-1-5-11-16)13-17-12-6-8-14-7-2-3-9-15(14)18(20)21/h2-3,6-9,17,19H,1,4-5,10-13H2/b8-6+. The molecule has 1 aliphatic carbocycles. The van der Waals surface area contributed by atoms with Crippen LogP contribution in [-0.2, 0) is 0 Å². The van der Waals surface area contributed by atoms with Crippen molar-refractivity contribution in [2.45, 2.75) is 37.7 Å². The van der Waals surface area contributed by atoms with Crippen LogP contribution in [0.2, 0.25) is 0 Å². The Morgan fingerprint density at radius 1 is 1.29 bits per heavy atom. The second-order valence-corrected chi connectivity index (χ2v) is 5.63. The predicted molar refractivity (Wildman–Crippen MR) is 83.0 cm³/mol. The third-order valence-corrected chi connectivity index (χ3v) is 3.93. The van der Waals surface area contributed by atoms with Crippen molar-refractivity contribution in [3.05, 3.63) is 46.0 Å². The smallest absolute Gasteiger partial charge is 0.276 e. The SMILES string of the molecule is O=[N+]([O-])c1ccccc1/C=C/CNCC1(O)CCCCC1. The molecule has 0 unspecified atom stereocenters. The van der Waals surface area contributed by atoms with E-state index in [1.807, 2.05) is 6.08 Å². The Morgan fingerprint density at radius 2 is 2.00 bits per heavy atom. The molecular weight excluding hydrogens is 268 g/mol. The highest BCUT2D eigenvalue weighted by molar-refractivity contribution is 5.60. The van der Waals surface area contributed by atoms with Crippen LogP contribution in [0.1, 0.15) is 37.7 Å². The summed E-state index contributed by atoms with van der Waals surface area (Å²) in [6, 6.07) is 6.66. The second kappa shape index (κ2) is 7.33. The van der Waals surface area contributed by atoms with Crippen molar-refractivity contribution in [2.24, 2.45) is 0 Å². The largest absolute Gasteiger partial charge is 0.389 e. The normalized spacial score (nSPS) is 18.0. The first-order chi connectivity index (χ1) is 10.1. The molecule has 0 saturated heterocycles. The first kappa shape index (κ1) is 15.7. The van der Waals surface area contributed by atoms with Gasteiger partial charge >= 0.3 is 0 Å². The highest BCUT2D eigenvalue weighted by Crippen LogP contribution is 2.27. The van der Waals surface area contributed by atoms with Gasteiger partial charge in [0.2, 0.25) is 0 Å². The van der Waals surface area contributed by atoms with Crippen LogP contribution in [0.15, 0.2) is 30.3 Å². The average Bonchev–Trinajstić information content (AvgIpc) is 2.48. The van der Waals surface area contributed by atoms with E-state index in [1.54, 1.807) is 24.3 Å². The third kappa shape index (κ3) is 4.65. The van der Waals surface area contributed by atoms with Gasteiger partial charge in [-0.05, 0) is 18.9 Å². The van der Waals surface area contributed by atoms with Gasteiger partial charge in [0.15, 0.2) is 0 Å². The molecule has 2 N–H and O–H groups in total. The van der Waals surface area contributed by atoms with Gasteiger partial charge in [-0.1, -0.05) is 43.5 Å². The van der Waals surface area contributed by atoms with Gasteiger partial charge in [0.05, 0.1) is 16.1 Å². The lowest BCUT2D eigenvalue weighted by Gasteiger charge is -2.32. The average molecular weight is 290 g/mol. The first-order valence-electron chi connectivity index (χ1n) is 7.44. The molecule has 0 spiro atoms. The van der Waals surface area contributed by atoms with E-state index in [4.69, 9.17) is 0 Å². The van der Waals surface area contributed by atoms with Crippen molar-refractivity contribution in [2.75, 3.05) is 13.1 Å². The van der Waals surface area contributed by atoms with Gasteiger partial charge in [-0.25, -0.2) is 0 Å². The third-order valence-electron chi connectivity index (χ3n) is 3.93. The molecule has 5 nitrogen and oxygen atoms in total. The van der Waals surface area contributed by atoms with E-state index in [0.717, 1.165) is 25.7 Å². The molecule has 114 valence electrons. The summed E-state index contributed by atoms with van der Waals surface area (Å²) in [5.41, 5.74) is 0.130. The van der Waals surface area contributed by atoms with Crippen molar-refractivity contribution in [1.82, 2.24) is 5.32 Å². The van der Waals surface area contributed by atoms with Crippen LogP contribution < -0.4 is 5.32 Å². The first-order valence-corrected chi connectivity index (χ1v) is 7.44. The number of nitro groups is 1. The molecule has 0 bridgehead atoms. The van der Waals surface area contributed by atoms with Crippen LogP contribution in [0.25, 0.3) is 6.08 Å². The summed E-state index contributed by atoms with van der Waals surface area (Å²) in [5, 5.41) is 24.4. The fourth-order valence-corrected chi connectivity index (χ4v) is 2.76. The lowest BCUT2D eigenvalue weighted by atomic mass is 9.85. The van der Waals surface area contributed by atoms with E-state index in [-0.39, 0.29) is 10.6 Å². The molecule has 1 aliphatic rings. The molecule has 5 heteroatoms. The minimum absolute atomic E-state index is 0.111. The van der Waals surface area contributed by atoms with Crippen molar-refractivity contribution in [3.8, 4) is 0 Å². The summed E-state index contributed by atoms with van der Waals surface area (Å²) in [7, 11) is 0. The summed E-state index contributed by atoms with van der Waals surface area (Å²) in [6.45, 7) is 1.17. The fourth-order valence-electron chi connectivity index (χ4n) is 2.76. The van der Waals surface area contributed by atoms with E-state index in [1.165, 1.54) is 12.5 Å². The minimum Gasteiger partial charge on any atom is -0.389 e. The molecule has 2 rings (SSSR count). The number of para-hydroxylation sites is 1. The maximum absolute atomic E-state index is 10.9. The van der Waals surface area contributed by atoms with Crippen LogP contribution in [0.4, 0.5) is 5.69 Å². The number of hydrogen-bond donors (Lipinski definition) is 2. The Hall–Kier alpha value is -1.72. The van der Waals surface area contributed by atoms with Crippen molar-refractivity contribution < 1.29 is 10.0 Å². The Bertz CT molecular complexity index is 508. The number of nitro benzene ring substituents is 1. The van der Waals surface area contributed by atoms with Crippen LogP contribution >= 0.6 is 0 Å². The molecular formula is C16H22N2O3. The molecule has 0 atom stereocenters. The number of aliphatic hydroxyl groups is 1. The summed E-state index contributed by atoms with van der Waals surface area (Å²) in [5.74, 6) is 0. The van der Waals surface area contributed by atoms with Crippen LogP contribution in [-0.4, -0.2) is 28.7 Å². The summed E-state index contributed by atoms with van der Waals surface area (Å²) in [4.78, 5) is 10.5. The molecule has 1 saturated carbocycles. The zero-order valence-corrected chi connectivity index (χ0v) is 12.1. The lowest BCUT2D eigenvalue weighted by molar-refractivity contribution is -0.385. The summed E-state index contributed by atoms with van der Waals surface area (Å²) >= 11 is 0. The molecule has 0 heterocycles. The molecule has 21 heavy (non-hydrogen) atoms. The Kier molecular flexibility index (Phi) is 5.47. The van der Waals surface area contributed by atoms with E-state index in [9.17, 15) is 15.2 Å². The van der Waals surface area contributed by atoms with Gasteiger partial charge < -0.3 is 10.4 Å². The number of rotatable bonds is 6. The predicted octanol–water partition coefficient (Wildman–Crippen LogP) is 2.89. The maximum Gasteiger partial charge on any atom is 0.276 e. The molecule has 1 fully saturated rings. The number of hydrogen-bond acceptors (Lipinski definition) is 4. The highest BCUT2D eigenvalue weighted by atomic mass is 16.6. The molecule has 0 amide bonds. The minimum atomic E-state index is -0.579. The Labute approximate surface area is 124 Å². The molecule has 1 aromatic rings. The molecule has 0 aliphatic heterocycles. The highest BCUT2D eigenvalue weighted by Gasteiger charge is 2.28. The molecule has 0 aromatic heterocycles. The van der Waals surface area contributed by atoms with Crippen LogP contribution in [0.5, 0.6) is 0 Å². The molecule has 0 radical (unpaired) electrons. The van der Waals surface area contributed by atoms with Gasteiger partial charge in [0.25, 0.3) is 5.69 Å². The summed E-state index contributed by atoms with van der Waals surface area (Å²) < 4.78 is 0. The van der Waals surface area contributed by atoms with Gasteiger partial charge in [-0.3, -0.25) is 10.1 Å². The van der Waals surface area contributed by atoms with E-state index in [2.05, 4.69) is 5.32 Å². The van der Waals surface area contributed by atoms with Gasteiger partial charge in [-0.2, -0.15) is 0 Å².